The molecule has 0 aromatic heterocycles. The van der Waals surface area contributed by atoms with Crippen molar-refractivity contribution < 1.29 is 16.5 Å². The molecule has 2 aromatic rings. The van der Waals surface area contributed by atoms with E-state index in [2.05, 4.69) is 89.8 Å². The Kier molecular flexibility index (Phi) is 23.6. The van der Waals surface area contributed by atoms with Crippen molar-refractivity contribution in [1.82, 2.24) is 0 Å². The number of hydrogen-bond donors (Lipinski definition) is 0. The Morgan fingerprint density at radius 3 is 1.40 bits per heavy atom. The second-order valence-corrected chi connectivity index (χ2v) is 13.0. The van der Waals surface area contributed by atoms with Gasteiger partial charge in [-0.2, -0.15) is 0 Å². The summed E-state index contributed by atoms with van der Waals surface area (Å²) in [5.41, 5.74) is 8.93. The quantitative estimate of drug-likeness (QED) is 0.0522. The first-order valence-corrected chi connectivity index (χ1v) is 18.2. The topological polar surface area (TPSA) is 24.7 Å². The molecule has 0 N–H and O–H groups in total. The minimum Gasteiger partial charge on any atom is -0.251 e. The van der Waals surface area contributed by atoms with E-state index in [9.17, 15) is 0 Å². The molecule has 0 aliphatic rings. The minimum absolute atomic E-state index is 0. The molecule has 0 aliphatic carbocycles. The monoisotopic (exact) mass is 654 g/mol. The normalized spacial score (nSPS) is 11.7. The average molecular weight is 656 g/mol. The van der Waals surface area contributed by atoms with Crippen molar-refractivity contribution in [2.75, 3.05) is 0 Å². The number of aryl methyl sites for hydroxylation is 4. The van der Waals surface area contributed by atoms with Crippen LogP contribution < -0.4 is 0 Å². The minimum atomic E-state index is 0. The van der Waals surface area contributed by atoms with Crippen molar-refractivity contribution in [2.45, 2.75) is 170 Å². The standard InChI is InChI=1S/C42H64N2.Ni/c1-7-9-11-12-13-14-15-16-17-18-19-20-21-22-23-24-26-28-42(44-40-32-30-36(4)38(6)34-40)41(27-25-10-8-2)43-39-31-29-35(3)37(5)33-39;/h29-34H,7-25,27H2,1-6H3;. The molecule has 0 aliphatic heterocycles. The molecule has 2 rings (SSSR count). The van der Waals surface area contributed by atoms with Crippen LogP contribution >= 0.6 is 0 Å². The van der Waals surface area contributed by atoms with Gasteiger partial charge in [-0.05, 0) is 99.4 Å². The van der Waals surface area contributed by atoms with Crippen LogP contribution in [-0.4, -0.2) is 11.4 Å². The van der Waals surface area contributed by atoms with E-state index in [0.29, 0.717) is 0 Å². The summed E-state index contributed by atoms with van der Waals surface area (Å²) < 4.78 is 0. The summed E-state index contributed by atoms with van der Waals surface area (Å²) in [5.74, 6) is 6.99. The third kappa shape index (κ3) is 18.5. The van der Waals surface area contributed by atoms with Gasteiger partial charge in [-0.15, -0.1) is 0 Å². The van der Waals surface area contributed by atoms with Gasteiger partial charge in [-0.3, -0.25) is 4.99 Å². The summed E-state index contributed by atoms with van der Waals surface area (Å²) in [6, 6.07) is 12.9. The van der Waals surface area contributed by atoms with Gasteiger partial charge >= 0.3 is 0 Å². The van der Waals surface area contributed by atoms with Crippen LogP contribution in [0.15, 0.2) is 46.4 Å². The molecule has 0 spiro atoms. The molecule has 0 unspecified atom stereocenters. The largest absolute Gasteiger partial charge is 0.251 e. The van der Waals surface area contributed by atoms with Crippen molar-refractivity contribution in [1.29, 1.82) is 0 Å². The first-order valence-electron chi connectivity index (χ1n) is 18.2. The first kappa shape index (κ1) is 40.9. The van der Waals surface area contributed by atoms with Gasteiger partial charge in [0.15, 0.2) is 0 Å². The van der Waals surface area contributed by atoms with Crippen LogP contribution in [0.3, 0.4) is 0 Å². The molecule has 3 heteroatoms. The number of unbranched alkanes of at least 4 members (excludes halogenated alkanes) is 17. The van der Waals surface area contributed by atoms with E-state index in [1.807, 2.05) is 0 Å². The summed E-state index contributed by atoms with van der Waals surface area (Å²) in [6.45, 7) is 13.2. The van der Waals surface area contributed by atoms with Gasteiger partial charge in [-0.1, -0.05) is 135 Å². The zero-order valence-corrected chi connectivity index (χ0v) is 30.8. The predicted molar refractivity (Wildman–Crippen MR) is 197 cm³/mol. The van der Waals surface area contributed by atoms with E-state index in [0.717, 1.165) is 42.1 Å². The first-order chi connectivity index (χ1) is 21.4. The van der Waals surface area contributed by atoms with Crippen molar-refractivity contribution in [3.05, 3.63) is 58.7 Å². The fourth-order valence-corrected chi connectivity index (χ4v) is 5.54. The number of nitrogens with zero attached hydrogens (tertiary/aromatic N) is 2. The summed E-state index contributed by atoms with van der Waals surface area (Å²) in [6.07, 6.45) is 26.1. The number of hydrogen-bond acceptors (Lipinski definition) is 2. The van der Waals surface area contributed by atoms with Crippen LogP contribution in [0, 0.1) is 39.5 Å². The van der Waals surface area contributed by atoms with Crippen molar-refractivity contribution in [2.24, 2.45) is 9.98 Å². The molecule has 0 atom stereocenters. The van der Waals surface area contributed by atoms with Gasteiger partial charge in [0.05, 0.1) is 17.1 Å². The maximum atomic E-state index is 5.15. The SMILES string of the molecule is CCCCCCCCCCCCCCCCCC#CC(=Nc1ccc(C)c(C)c1)C(CCCCC)=Nc1ccc(C)c(C)c1.[Ni]. The molecule has 45 heavy (non-hydrogen) atoms. The Balaban J connectivity index is 0.0000101. The van der Waals surface area contributed by atoms with Crippen LogP contribution in [0.1, 0.15) is 165 Å². The molecule has 0 bridgehead atoms. The smallest absolute Gasteiger partial charge is 0.135 e. The molecule has 0 saturated heterocycles. The van der Waals surface area contributed by atoms with E-state index in [1.165, 1.54) is 131 Å². The molecule has 0 saturated carbocycles. The molecule has 0 radical (unpaired) electrons. The summed E-state index contributed by atoms with van der Waals surface area (Å²) in [5, 5.41) is 0. The Bertz CT molecular complexity index is 1200. The van der Waals surface area contributed by atoms with Crippen molar-refractivity contribution >= 4 is 22.8 Å². The van der Waals surface area contributed by atoms with Gasteiger partial charge in [-0.25, -0.2) is 4.99 Å². The molecule has 2 aromatic carbocycles. The van der Waals surface area contributed by atoms with Crippen LogP contribution in [0.25, 0.3) is 0 Å². The van der Waals surface area contributed by atoms with E-state index in [4.69, 9.17) is 9.98 Å². The fraction of sp³-hybridized carbons (Fsp3) is 0.619. The predicted octanol–water partition coefficient (Wildman–Crippen LogP) is 13.6. The maximum absolute atomic E-state index is 5.15. The zero-order chi connectivity index (χ0) is 31.8. The molecular weight excluding hydrogens is 591 g/mol. The van der Waals surface area contributed by atoms with E-state index < -0.39 is 0 Å². The number of rotatable bonds is 22. The Morgan fingerprint density at radius 1 is 0.511 bits per heavy atom. The van der Waals surface area contributed by atoms with Crippen LogP contribution in [0.5, 0.6) is 0 Å². The van der Waals surface area contributed by atoms with Gasteiger partial charge in [0.2, 0.25) is 0 Å². The molecular formula is C42H64N2Ni. The Labute approximate surface area is 288 Å². The van der Waals surface area contributed by atoms with Crippen LogP contribution in [0.4, 0.5) is 11.4 Å². The summed E-state index contributed by atoms with van der Waals surface area (Å²) in [7, 11) is 0. The summed E-state index contributed by atoms with van der Waals surface area (Å²) >= 11 is 0. The second kappa shape index (κ2) is 26.0. The Hall–Kier alpha value is -2.17. The third-order valence-corrected chi connectivity index (χ3v) is 8.89. The maximum Gasteiger partial charge on any atom is 0.135 e. The van der Waals surface area contributed by atoms with E-state index >= 15 is 0 Å². The van der Waals surface area contributed by atoms with Gasteiger partial charge in [0.25, 0.3) is 0 Å². The molecule has 252 valence electrons. The van der Waals surface area contributed by atoms with Crippen molar-refractivity contribution in [3.63, 3.8) is 0 Å². The zero-order valence-electron chi connectivity index (χ0n) is 29.8. The number of benzene rings is 2. The molecule has 2 nitrogen and oxygen atoms in total. The Morgan fingerprint density at radius 2 is 0.933 bits per heavy atom. The van der Waals surface area contributed by atoms with Crippen LogP contribution in [-0.2, 0) is 16.5 Å². The average Bonchev–Trinajstić information content (AvgIpc) is 3.01. The second-order valence-electron chi connectivity index (χ2n) is 13.0. The van der Waals surface area contributed by atoms with Gasteiger partial charge in [0.1, 0.15) is 5.71 Å². The van der Waals surface area contributed by atoms with E-state index in [-0.39, 0.29) is 16.5 Å². The molecule has 0 fully saturated rings. The fourth-order valence-electron chi connectivity index (χ4n) is 5.54. The van der Waals surface area contributed by atoms with Crippen molar-refractivity contribution in [3.8, 4) is 11.8 Å². The molecule has 0 amide bonds. The van der Waals surface area contributed by atoms with Gasteiger partial charge < -0.3 is 0 Å². The van der Waals surface area contributed by atoms with Gasteiger partial charge in [0, 0.05) is 22.9 Å². The third-order valence-electron chi connectivity index (χ3n) is 8.89. The molecule has 0 heterocycles. The summed E-state index contributed by atoms with van der Waals surface area (Å²) in [4.78, 5) is 10.2. The number of aliphatic imine (C=N–C) groups is 2. The van der Waals surface area contributed by atoms with Crippen LogP contribution in [0.2, 0.25) is 0 Å². The van der Waals surface area contributed by atoms with E-state index in [1.54, 1.807) is 0 Å².